The number of carbonyl (C=O) groups is 2. The van der Waals surface area contributed by atoms with E-state index in [0.717, 1.165) is 5.69 Å². The summed E-state index contributed by atoms with van der Waals surface area (Å²) >= 11 is 1.41. The lowest BCUT2D eigenvalue weighted by atomic mass is 10.0. The molecule has 4 nitrogen and oxygen atoms in total. The highest BCUT2D eigenvalue weighted by molar-refractivity contribution is 7.12. The first kappa shape index (κ1) is 17.2. The smallest absolute Gasteiger partial charge is 0.261 e. The molecule has 0 atom stereocenters. The average Bonchev–Trinajstić information content (AvgIpc) is 3.06. The van der Waals surface area contributed by atoms with Gasteiger partial charge in [-0.2, -0.15) is 0 Å². The van der Waals surface area contributed by atoms with Crippen molar-refractivity contribution in [3.05, 3.63) is 52.2 Å². The number of thiophene rings is 1. The van der Waals surface area contributed by atoms with E-state index >= 15 is 0 Å². The van der Waals surface area contributed by atoms with Gasteiger partial charge < -0.3 is 10.6 Å². The van der Waals surface area contributed by atoms with Crippen molar-refractivity contribution in [2.45, 2.75) is 32.6 Å². The van der Waals surface area contributed by atoms with Crippen LogP contribution < -0.4 is 10.6 Å². The van der Waals surface area contributed by atoms with Gasteiger partial charge in [0.1, 0.15) is 0 Å². The average molecular weight is 330 g/mol. The summed E-state index contributed by atoms with van der Waals surface area (Å²) in [6.45, 7) is 4.77. The van der Waals surface area contributed by atoms with Crippen LogP contribution in [0.4, 0.5) is 5.69 Å². The monoisotopic (exact) mass is 330 g/mol. The van der Waals surface area contributed by atoms with Gasteiger partial charge in [0.05, 0.1) is 4.88 Å². The van der Waals surface area contributed by atoms with Crippen LogP contribution in [0.3, 0.4) is 0 Å². The van der Waals surface area contributed by atoms with Crippen molar-refractivity contribution in [3.8, 4) is 0 Å². The Labute approximate surface area is 140 Å². The zero-order valence-electron chi connectivity index (χ0n) is 13.5. The van der Waals surface area contributed by atoms with Crippen molar-refractivity contribution in [3.63, 3.8) is 0 Å². The Morgan fingerprint density at radius 2 is 1.87 bits per heavy atom. The molecule has 0 fully saturated rings. The molecule has 0 bridgehead atoms. The third kappa shape index (κ3) is 5.53. The number of rotatable bonds is 7. The fourth-order valence-corrected chi connectivity index (χ4v) is 2.76. The molecule has 2 rings (SSSR count). The van der Waals surface area contributed by atoms with Crippen molar-refractivity contribution in [1.82, 2.24) is 5.32 Å². The molecule has 0 unspecified atom stereocenters. The van der Waals surface area contributed by atoms with Gasteiger partial charge in [-0.25, -0.2) is 0 Å². The number of carbonyl (C=O) groups excluding carboxylic acids is 2. The molecule has 0 aliphatic carbocycles. The molecule has 0 aliphatic rings. The lowest BCUT2D eigenvalue weighted by Gasteiger charge is -2.08. The van der Waals surface area contributed by atoms with Crippen molar-refractivity contribution in [1.29, 1.82) is 0 Å². The topological polar surface area (TPSA) is 58.2 Å². The van der Waals surface area contributed by atoms with Crippen LogP contribution in [0.1, 0.15) is 47.8 Å². The highest BCUT2D eigenvalue weighted by Gasteiger charge is 2.07. The minimum absolute atomic E-state index is 0.0346. The van der Waals surface area contributed by atoms with E-state index in [1.807, 2.05) is 35.7 Å². The van der Waals surface area contributed by atoms with Crippen LogP contribution in [-0.4, -0.2) is 18.4 Å². The van der Waals surface area contributed by atoms with Crippen LogP contribution in [0, 0.1) is 0 Å². The lowest BCUT2D eigenvalue weighted by Crippen LogP contribution is -2.24. The van der Waals surface area contributed by atoms with Gasteiger partial charge in [0.25, 0.3) is 5.91 Å². The van der Waals surface area contributed by atoms with E-state index in [0.29, 0.717) is 30.2 Å². The third-order valence-corrected chi connectivity index (χ3v) is 4.34. The molecule has 23 heavy (non-hydrogen) atoms. The summed E-state index contributed by atoms with van der Waals surface area (Å²) in [5.41, 5.74) is 2.06. The molecular formula is C18H22N2O2S. The molecule has 0 spiro atoms. The molecule has 5 heteroatoms. The van der Waals surface area contributed by atoms with Gasteiger partial charge in [0.2, 0.25) is 5.91 Å². The number of amides is 2. The van der Waals surface area contributed by atoms with Gasteiger partial charge in [-0.15, -0.1) is 11.3 Å². The van der Waals surface area contributed by atoms with Gasteiger partial charge in [-0.05, 0) is 41.5 Å². The molecule has 2 aromatic rings. The highest BCUT2D eigenvalue weighted by atomic mass is 32.1. The maximum Gasteiger partial charge on any atom is 0.261 e. The quantitative estimate of drug-likeness (QED) is 0.753. The van der Waals surface area contributed by atoms with Crippen LogP contribution in [0.2, 0.25) is 0 Å². The summed E-state index contributed by atoms with van der Waals surface area (Å²) < 4.78 is 0. The maximum absolute atomic E-state index is 11.9. The molecule has 1 aromatic carbocycles. The Bertz CT molecular complexity index is 634. The molecule has 0 radical (unpaired) electrons. The summed E-state index contributed by atoms with van der Waals surface area (Å²) in [5, 5.41) is 7.56. The summed E-state index contributed by atoms with van der Waals surface area (Å²) in [5.74, 6) is 0.365. The number of anilines is 1. The molecule has 1 aromatic heterocycles. The third-order valence-electron chi connectivity index (χ3n) is 3.47. The van der Waals surface area contributed by atoms with E-state index in [1.165, 1.54) is 16.9 Å². The Morgan fingerprint density at radius 3 is 2.48 bits per heavy atom. The van der Waals surface area contributed by atoms with E-state index in [4.69, 9.17) is 0 Å². The normalized spacial score (nSPS) is 10.6. The van der Waals surface area contributed by atoms with E-state index in [9.17, 15) is 9.59 Å². The molecular weight excluding hydrogens is 308 g/mol. The minimum atomic E-state index is -0.0790. The van der Waals surface area contributed by atoms with Gasteiger partial charge in [-0.3, -0.25) is 9.59 Å². The standard InChI is InChI=1S/C18H22N2O2S/c1-13(2)14-7-9-15(10-8-14)20-17(21)6-3-11-19-18(22)16-5-4-12-23-16/h4-5,7-10,12-13H,3,6,11H2,1-2H3,(H,19,22)(H,20,21). The largest absolute Gasteiger partial charge is 0.351 e. The van der Waals surface area contributed by atoms with Crippen LogP contribution in [0.25, 0.3) is 0 Å². The van der Waals surface area contributed by atoms with Crippen molar-refractivity contribution in [2.75, 3.05) is 11.9 Å². The zero-order valence-corrected chi connectivity index (χ0v) is 14.3. The Kier molecular flexibility index (Phi) is 6.35. The van der Waals surface area contributed by atoms with Gasteiger partial charge >= 0.3 is 0 Å². The Balaban J connectivity index is 1.68. The summed E-state index contributed by atoms with van der Waals surface area (Å²) in [6.07, 6.45) is 1.00. The molecule has 1 heterocycles. The van der Waals surface area contributed by atoms with Gasteiger partial charge in [-0.1, -0.05) is 32.0 Å². The second-order valence-corrected chi connectivity index (χ2v) is 6.61. The number of nitrogens with one attached hydrogen (secondary N) is 2. The summed E-state index contributed by atoms with van der Waals surface area (Å²) in [7, 11) is 0. The SMILES string of the molecule is CC(C)c1ccc(NC(=O)CCCNC(=O)c2cccs2)cc1. The van der Waals surface area contributed by atoms with Crippen molar-refractivity contribution >= 4 is 28.8 Å². The molecule has 0 aliphatic heterocycles. The Morgan fingerprint density at radius 1 is 1.13 bits per heavy atom. The number of benzene rings is 1. The second kappa shape index (κ2) is 8.48. The first-order valence-corrected chi connectivity index (χ1v) is 8.65. The molecule has 2 N–H and O–H groups in total. The van der Waals surface area contributed by atoms with E-state index in [2.05, 4.69) is 24.5 Å². The highest BCUT2D eigenvalue weighted by Crippen LogP contribution is 2.17. The predicted molar refractivity (Wildman–Crippen MR) is 95.0 cm³/mol. The van der Waals surface area contributed by atoms with E-state index in [-0.39, 0.29) is 11.8 Å². The molecule has 2 amide bonds. The van der Waals surface area contributed by atoms with Crippen LogP contribution in [0.15, 0.2) is 41.8 Å². The number of hydrogen-bond donors (Lipinski definition) is 2. The van der Waals surface area contributed by atoms with Crippen molar-refractivity contribution < 1.29 is 9.59 Å². The predicted octanol–water partition coefficient (Wildman–Crippen LogP) is 4.02. The fraction of sp³-hybridized carbons (Fsp3) is 0.333. The minimum Gasteiger partial charge on any atom is -0.351 e. The van der Waals surface area contributed by atoms with Crippen LogP contribution in [-0.2, 0) is 4.79 Å². The van der Waals surface area contributed by atoms with Crippen LogP contribution >= 0.6 is 11.3 Å². The molecule has 122 valence electrons. The molecule has 0 saturated heterocycles. The Hall–Kier alpha value is -2.14. The zero-order chi connectivity index (χ0) is 16.7. The van der Waals surface area contributed by atoms with Gasteiger partial charge in [0.15, 0.2) is 0 Å². The van der Waals surface area contributed by atoms with Crippen molar-refractivity contribution in [2.24, 2.45) is 0 Å². The van der Waals surface area contributed by atoms with E-state index < -0.39 is 0 Å². The lowest BCUT2D eigenvalue weighted by molar-refractivity contribution is -0.116. The van der Waals surface area contributed by atoms with E-state index in [1.54, 1.807) is 6.07 Å². The van der Waals surface area contributed by atoms with Crippen LogP contribution in [0.5, 0.6) is 0 Å². The van der Waals surface area contributed by atoms with Gasteiger partial charge in [0, 0.05) is 18.7 Å². The first-order chi connectivity index (χ1) is 11.1. The second-order valence-electron chi connectivity index (χ2n) is 5.66. The summed E-state index contributed by atoms with van der Waals surface area (Å²) in [6, 6.07) is 11.5. The summed E-state index contributed by atoms with van der Waals surface area (Å²) in [4.78, 5) is 24.3. The number of hydrogen-bond acceptors (Lipinski definition) is 3. The first-order valence-electron chi connectivity index (χ1n) is 7.78. The molecule has 0 saturated carbocycles. The maximum atomic E-state index is 11.9. The fourth-order valence-electron chi connectivity index (χ4n) is 2.12.